The van der Waals surface area contributed by atoms with Gasteiger partial charge in [0.2, 0.25) is 0 Å². The summed E-state index contributed by atoms with van der Waals surface area (Å²) < 4.78 is 0. The standard InChI is InChI=1S/C10H10N4S/c11-6-8-1-2-13-9(5-8)15-10-7-12-3-4-14-10/h1-5,7H,6,11H2. The van der Waals surface area contributed by atoms with E-state index in [4.69, 9.17) is 5.73 Å². The number of nitrogens with zero attached hydrogens (tertiary/aromatic N) is 3. The fourth-order valence-electron chi connectivity index (χ4n) is 1.08. The van der Waals surface area contributed by atoms with Gasteiger partial charge in [0.1, 0.15) is 10.1 Å². The molecule has 76 valence electrons. The van der Waals surface area contributed by atoms with Crippen LogP contribution in [0.2, 0.25) is 0 Å². The molecule has 5 heteroatoms. The molecule has 0 bridgehead atoms. The quantitative estimate of drug-likeness (QED) is 0.845. The fraction of sp³-hybridized carbons (Fsp3) is 0.100. The van der Waals surface area contributed by atoms with Crippen molar-refractivity contribution in [2.45, 2.75) is 16.6 Å². The van der Waals surface area contributed by atoms with Gasteiger partial charge in [-0.05, 0) is 29.5 Å². The van der Waals surface area contributed by atoms with Crippen LogP contribution in [0.3, 0.4) is 0 Å². The smallest absolute Gasteiger partial charge is 0.121 e. The first-order chi connectivity index (χ1) is 7.38. The van der Waals surface area contributed by atoms with Crippen molar-refractivity contribution in [3.05, 3.63) is 42.5 Å². The molecule has 0 fully saturated rings. The molecule has 2 N–H and O–H groups in total. The molecule has 0 atom stereocenters. The van der Waals surface area contributed by atoms with Crippen LogP contribution in [0.15, 0.2) is 47.0 Å². The molecule has 2 rings (SSSR count). The molecule has 0 aliphatic carbocycles. The molecule has 4 nitrogen and oxygen atoms in total. The van der Waals surface area contributed by atoms with Crippen LogP contribution in [-0.4, -0.2) is 15.0 Å². The minimum atomic E-state index is 0.524. The first-order valence-corrected chi connectivity index (χ1v) is 5.29. The Labute approximate surface area is 92.0 Å². The molecular formula is C10H10N4S. The Balaban J connectivity index is 2.17. The second-order valence-corrected chi connectivity index (χ2v) is 3.89. The molecule has 0 aliphatic heterocycles. The van der Waals surface area contributed by atoms with Gasteiger partial charge in [-0.1, -0.05) is 0 Å². The average molecular weight is 218 g/mol. The second-order valence-electron chi connectivity index (χ2n) is 2.85. The van der Waals surface area contributed by atoms with E-state index in [0.717, 1.165) is 15.6 Å². The van der Waals surface area contributed by atoms with Gasteiger partial charge >= 0.3 is 0 Å². The van der Waals surface area contributed by atoms with E-state index in [1.807, 2.05) is 12.1 Å². The molecule has 0 saturated heterocycles. The summed E-state index contributed by atoms with van der Waals surface area (Å²) >= 11 is 1.48. The molecule has 2 aromatic rings. The summed E-state index contributed by atoms with van der Waals surface area (Å²) in [6.45, 7) is 0.524. The van der Waals surface area contributed by atoms with Gasteiger partial charge < -0.3 is 5.73 Å². The van der Waals surface area contributed by atoms with Crippen molar-refractivity contribution in [2.24, 2.45) is 5.73 Å². The maximum Gasteiger partial charge on any atom is 0.121 e. The van der Waals surface area contributed by atoms with Gasteiger partial charge in [-0.25, -0.2) is 9.97 Å². The summed E-state index contributed by atoms with van der Waals surface area (Å²) in [5.41, 5.74) is 6.61. The van der Waals surface area contributed by atoms with Crippen LogP contribution in [0.25, 0.3) is 0 Å². The Kier molecular flexibility index (Phi) is 3.26. The van der Waals surface area contributed by atoms with E-state index in [-0.39, 0.29) is 0 Å². The van der Waals surface area contributed by atoms with E-state index in [1.165, 1.54) is 11.8 Å². The van der Waals surface area contributed by atoms with Crippen LogP contribution in [0.4, 0.5) is 0 Å². The number of pyridine rings is 1. The Hall–Kier alpha value is -1.46. The van der Waals surface area contributed by atoms with Crippen molar-refractivity contribution in [3.63, 3.8) is 0 Å². The van der Waals surface area contributed by atoms with E-state index < -0.39 is 0 Å². The lowest BCUT2D eigenvalue weighted by atomic mass is 10.3. The van der Waals surface area contributed by atoms with Crippen molar-refractivity contribution in [1.29, 1.82) is 0 Å². The number of nitrogens with two attached hydrogens (primary N) is 1. The monoisotopic (exact) mass is 218 g/mol. The summed E-state index contributed by atoms with van der Waals surface area (Å²) in [6.07, 6.45) is 6.77. The van der Waals surface area contributed by atoms with Crippen LogP contribution in [-0.2, 0) is 6.54 Å². The van der Waals surface area contributed by atoms with Gasteiger partial charge in [0.15, 0.2) is 0 Å². The van der Waals surface area contributed by atoms with Gasteiger partial charge in [-0.2, -0.15) is 0 Å². The van der Waals surface area contributed by atoms with E-state index in [9.17, 15) is 0 Å². The highest BCUT2D eigenvalue weighted by molar-refractivity contribution is 7.99. The lowest BCUT2D eigenvalue weighted by molar-refractivity contribution is 1.01. The average Bonchev–Trinajstić information content (AvgIpc) is 2.31. The zero-order valence-electron chi connectivity index (χ0n) is 8.00. The van der Waals surface area contributed by atoms with Crippen LogP contribution >= 0.6 is 11.8 Å². The SMILES string of the molecule is NCc1ccnc(Sc2cnccn2)c1. The van der Waals surface area contributed by atoms with Gasteiger partial charge in [0, 0.05) is 25.1 Å². The summed E-state index contributed by atoms with van der Waals surface area (Å²) in [7, 11) is 0. The number of aromatic nitrogens is 3. The molecule has 15 heavy (non-hydrogen) atoms. The van der Waals surface area contributed by atoms with Crippen molar-refractivity contribution < 1.29 is 0 Å². The minimum absolute atomic E-state index is 0.524. The predicted molar refractivity (Wildman–Crippen MR) is 58.3 cm³/mol. The minimum Gasteiger partial charge on any atom is -0.326 e. The zero-order chi connectivity index (χ0) is 10.5. The predicted octanol–water partition coefficient (Wildman–Crippen LogP) is 1.48. The highest BCUT2D eigenvalue weighted by atomic mass is 32.2. The van der Waals surface area contributed by atoms with Crippen LogP contribution in [0.5, 0.6) is 0 Å². The Bertz CT molecular complexity index is 432. The van der Waals surface area contributed by atoms with Gasteiger partial charge in [-0.15, -0.1) is 0 Å². The highest BCUT2D eigenvalue weighted by Crippen LogP contribution is 2.23. The second kappa shape index (κ2) is 4.86. The molecule has 0 aromatic carbocycles. The van der Waals surface area contributed by atoms with E-state index in [0.29, 0.717) is 6.54 Å². The molecule has 0 amide bonds. The Morgan fingerprint density at radius 2 is 2.00 bits per heavy atom. The Morgan fingerprint density at radius 1 is 1.13 bits per heavy atom. The van der Waals surface area contributed by atoms with Crippen molar-refractivity contribution in [1.82, 2.24) is 15.0 Å². The van der Waals surface area contributed by atoms with E-state index in [2.05, 4.69) is 15.0 Å². The van der Waals surface area contributed by atoms with Crippen molar-refractivity contribution in [2.75, 3.05) is 0 Å². The molecule has 2 heterocycles. The third-order valence-corrected chi connectivity index (χ3v) is 2.64. The number of rotatable bonds is 3. The summed E-state index contributed by atoms with van der Waals surface area (Å²) in [6, 6.07) is 3.86. The maximum atomic E-state index is 5.55. The lowest BCUT2D eigenvalue weighted by Crippen LogP contribution is -1.96. The molecular weight excluding hydrogens is 208 g/mol. The van der Waals surface area contributed by atoms with Crippen LogP contribution in [0, 0.1) is 0 Å². The first kappa shape index (κ1) is 10.1. The third kappa shape index (κ3) is 2.74. The first-order valence-electron chi connectivity index (χ1n) is 4.47. The van der Waals surface area contributed by atoms with Crippen molar-refractivity contribution >= 4 is 11.8 Å². The molecule has 0 unspecified atom stereocenters. The normalized spacial score (nSPS) is 10.2. The molecule has 0 spiro atoms. The number of hydrogen-bond donors (Lipinski definition) is 1. The van der Waals surface area contributed by atoms with Gasteiger partial charge in [-0.3, -0.25) is 4.98 Å². The van der Waals surface area contributed by atoms with Gasteiger partial charge in [0.05, 0.1) is 6.20 Å². The maximum absolute atomic E-state index is 5.55. The molecule has 0 saturated carbocycles. The largest absolute Gasteiger partial charge is 0.326 e. The van der Waals surface area contributed by atoms with Crippen LogP contribution < -0.4 is 5.73 Å². The van der Waals surface area contributed by atoms with Crippen LogP contribution in [0.1, 0.15) is 5.56 Å². The summed E-state index contributed by atoms with van der Waals surface area (Å²) in [4.78, 5) is 12.4. The van der Waals surface area contributed by atoms with Gasteiger partial charge in [0.25, 0.3) is 0 Å². The molecule has 2 aromatic heterocycles. The molecule has 0 radical (unpaired) electrons. The Morgan fingerprint density at radius 3 is 2.73 bits per heavy atom. The highest BCUT2D eigenvalue weighted by Gasteiger charge is 2.00. The fourth-order valence-corrected chi connectivity index (χ4v) is 1.84. The van der Waals surface area contributed by atoms with E-state index >= 15 is 0 Å². The third-order valence-electron chi connectivity index (χ3n) is 1.78. The topological polar surface area (TPSA) is 64.7 Å². The number of hydrogen-bond acceptors (Lipinski definition) is 5. The summed E-state index contributed by atoms with van der Waals surface area (Å²) in [5.74, 6) is 0. The molecule has 0 aliphatic rings. The van der Waals surface area contributed by atoms with Crippen molar-refractivity contribution in [3.8, 4) is 0 Å². The lowest BCUT2D eigenvalue weighted by Gasteiger charge is -2.01. The zero-order valence-corrected chi connectivity index (χ0v) is 8.81. The summed E-state index contributed by atoms with van der Waals surface area (Å²) in [5, 5.41) is 1.72. The van der Waals surface area contributed by atoms with E-state index in [1.54, 1.807) is 24.8 Å².